The third-order valence-electron chi connectivity index (χ3n) is 0.762. The fraction of sp³-hybridized carbons (Fsp3) is 0.167. The van der Waals surface area contributed by atoms with Crippen LogP contribution in [0, 0.1) is 0 Å². The van der Waals surface area contributed by atoms with Crippen molar-refractivity contribution in [3.63, 3.8) is 0 Å². The molecule has 0 aliphatic rings. The first-order chi connectivity index (χ1) is 3.93. The molecule has 42 valence electrons. The molecule has 1 aromatic rings. The molecule has 0 unspecified atom stereocenters. The molecule has 0 fully saturated rings. The first-order valence-corrected chi connectivity index (χ1v) is 3.33. The van der Waals surface area contributed by atoms with Gasteiger partial charge < -0.3 is 0 Å². The Balaban J connectivity index is 2.77. The van der Waals surface area contributed by atoms with Crippen molar-refractivity contribution >= 4 is 22.6 Å². The third kappa shape index (κ3) is 1.17. The summed E-state index contributed by atoms with van der Waals surface area (Å²) in [5.74, 6) is 0. The highest BCUT2D eigenvalue weighted by Gasteiger charge is 1.81. The van der Waals surface area contributed by atoms with Crippen LogP contribution in [0.1, 0.15) is 6.92 Å². The molecule has 0 N–H and O–H groups in total. The van der Waals surface area contributed by atoms with Gasteiger partial charge in [0, 0.05) is 6.21 Å². The van der Waals surface area contributed by atoms with E-state index < -0.39 is 0 Å². The van der Waals surface area contributed by atoms with Crippen LogP contribution in [-0.2, 0) is 0 Å². The molecule has 0 saturated heterocycles. The average molecular weight is 125 g/mol. The molecule has 1 nitrogen and oxygen atoms in total. The van der Waals surface area contributed by atoms with E-state index in [1.807, 2.05) is 24.4 Å². The summed E-state index contributed by atoms with van der Waals surface area (Å²) < 4.78 is 0. The van der Waals surface area contributed by atoms with Crippen molar-refractivity contribution in [2.24, 2.45) is 4.99 Å². The first-order valence-electron chi connectivity index (χ1n) is 2.45. The van der Waals surface area contributed by atoms with E-state index in [1.165, 1.54) is 0 Å². The van der Waals surface area contributed by atoms with E-state index in [4.69, 9.17) is 0 Å². The second-order valence-electron chi connectivity index (χ2n) is 1.34. The van der Waals surface area contributed by atoms with E-state index in [0.717, 1.165) is 5.00 Å². The van der Waals surface area contributed by atoms with Crippen molar-refractivity contribution in [3.05, 3.63) is 17.5 Å². The van der Waals surface area contributed by atoms with Gasteiger partial charge in [0.15, 0.2) is 0 Å². The highest BCUT2D eigenvalue weighted by atomic mass is 32.1. The third-order valence-corrected chi connectivity index (χ3v) is 1.54. The average Bonchev–Trinajstić information content (AvgIpc) is 2.19. The van der Waals surface area contributed by atoms with Gasteiger partial charge in [-0.05, 0) is 24.4 Å². The molecular weight excluding hydrogens is 118 g/mol. The second kappa shape index (κ2) is 2.62. The Bertz CT molecular complexity index is 165. The van der Waals surface area contributed by atoms with Gasteiger partial charge in [0.25, 0.3) is 0 Å². The Labute approximate surface area is 52.7 Å². The van der Waals surface area contributed by atoms with Gasteiger partial charge in [0.2, 0.25) is 0 Å². The molecule has 1 aromatic heterocycles. The normalized spacial score (nSPS) is 10.6. The van der Waals surface area contributed by atoms with Crippen molar-refractivity contribution in [1.82, 2.24) is 0 Å². The summed E-state index contributed by atoms with van der Waals surface area (Å²) >= 11 is 1.65. The van der Waals surface area contributed by atoms with E-state index in [9.17, 15) is 0 Å². The molecule has 2 heteroatoms. The van der Waals surface area contributed by atoms with Gasteiger partial charge in [-0.2, -0.15) is 0 Å². The lowest BCUT2D eigenvalue weighted by Crippen LogP contribution is -1.51. The van der Waals surface area contributed by atoms with Crippen molar-refractivity contribution in [2.75, 3.05) is 0 Å². The van der Waals surface area contributed by atoms with Gasteiger partial charge in [-0.1, -0.05) is 0 Å². The summed E-state index contributed by atoms with van der Waals surface area (Å²) in [5, 5.41) is 3.09. The van der Waals surface area contributed by atoms with Crippen LogP contribution in [0.2, 0.25) is 0 Å². The van der Waals surface area contributed by atoms with Crippen LogP contribution in [0.25, 0.3) is 0 Å². The highest BCUT2D eigenvalue weighted by Crippen LogP contribution is 2.17. The number of hydrogen-bond acceptors (Lipinski definition) is 2. The molecule has 0 bridgehead atoms. The zero-order chi connectivity index (χ0) is 5.82. The molecule has 0 spiro atoms. The van der Waals surface area contributed by atoms with Gasteiger partial charge >= 0.3 is 0 Å². The van der Waals surface area contributed by atoms with E-state index in [-0.39, 0.29) is 0 Å². The fourth-order valence-corrected chi connectivity index (χ4v) is 1.09. The number of rotatable bonds is 1. The van der Waals surface area contributed by atoms with Crippen LogP contribution in [-0.4, -0.2) is 6.21 Å². The minimum absolute atomic E-state index is 1.08. The van der Waals surface area contributed by atoms with Crippen LogP contribution < -0.4 is 0 Å². The Kier molecular flexibility index (Phi) is 1.80. The van der Waals surface area contributed by atoms with Crippen molar-refractivity contribution in [1.29, 1.82) is 0 Å². The van der Waals surface area contributed by atoms with E-state index in [1.54, 1.807) is 17.6 Å². The molecule has 0 aliphatic heterocycles. The quantitative estimate of drug-likeness (QED) is 0.511. The van der Waals surface area contributed by atoms with Gasteiger partial charge in [-0.15, -0.1) is 11.3 Å². The summed E-state index contributed by atoms with van der Waals surface area (Å²) in [6.07, 6.45) is 1.80. The van der Waals surface area contributed by atoms with Crippen molar-refractivity contribution in [3.8, 4) is 0 Å². The smallest absolute Gasteiger partial charge is 0.115 e. The topological polar surface area (TPSA) is 12.4 Å². The Morgan fingerprint density at radius 2 is 2.62 bits per heavy atom. The Hall–Kier alpha value is -0.630. The number of hydrogen-bond donors (Lipinski definition) is 0. The maximum atomic E-state index is 4.06. The van der Waals surface area contributed by atoms with Gasteiger partial charge in [-0.25, -0.2) is 0 Å². The van der Waals surface area contributed by atoms with Crippen LogP contribution in [0.15, 0.2) is 22.5 Å². The summed E-state index contributed by atoms with van der Waals surface area (Å²) in [5.41, 5.74) is 0. The zero-order valence-electron chi connectivity index (χ0n) is 4.66. The molecule has 0 aromatic carbocycles. The molecule has 0 aliphatic carbocycles. The summed E-state index contributed by atoms with van der Waals surface area (Å²) in [4.78, 5) is 4.06. The predicted molar refractivity (Wildman–Crippen MR) is 38.1 cm³/mol. The standard InChI is InChI=1S/C6H7NS/c1-2-7-6-4-3-5-8-6/h2-5H,1H3. The molecule has 0 radical (unpaired) electrons. The largest absolute Gasteiger partial charge is 0.251 e. The zero-order valence-corrected chi connectivity index (χ0v) is 5.48. The molecule has 1 rings (SSSR count). The second-order valence-corrected chi connectivity index (χ2v) is 2.26. The van der Waals surface area contributed by atoms with Gasteiger partial charge in [0.1, 0.15) is 5.00 Å². The Morgan fingerprint density at radius 3 is 3.12 bits per heavy atom. The summed E-state index contributed by atoms with van der Waals surface area (Å²) in [6.45, 7) is 1.92. The monoisotopic (exact) mass is 125 g/mol. The van der Waals surface area contributed by atoms with E-state index in [0.29, 0.717) is 0 Å². The molecule has 0 saturated carbocycles. The predicted octanol–water partition coefficient (Wildman–Crippen LogP) is 2.47. The Morgan fingerprint density at radius 1 is 1.75 bits per heavy atom. The lowest BCUT2D eigenvalue weighted by atomic mass is 10.6. The fourth-order valence-electron chi connectivity index (χ4n) is 0.471. The van der Waals surface area contributed by atoms with Crippen LogP contribution in [0.5, 0.6) is 0 Å². The van der Waals surface area contributed by atoms with Crippen LogP contribution >= 0.6 is 11.3 Å². The highest BCUT2D eigenvalue weighted by molar-refractivity contribution is 7.13. The van der Waals surface area contributed by atoms with Crippen LogP contribution in [0.4, 0.5) is 5.00 Å². The van der Waals surface area contributed by atoms with E-state index in [2.05, 4.69) is 4.99 Å². The minimum atomic E-state index is 1.08. The maximum absolute atomic E-state index is 4.06. The molecule has 0 amide bonds. The lowest BCUT2D eigenvalue weighted by molar-refractivity contribution is 1.64. The number of aliphatic imine (C=N–C) groups is 1. The van der Waals surface area contributed by atoms with Gasteiger partial charge in [0.05, 0.1) is 0 Å². The number of thiophene rings is 1. The SMILES string of the molecule is CC=Nc1cccs1. The first kappa shape index (κ1) is 5.51. The molecule has 0 atom stereocenters. The minimum Gasteiger partial charge on any atom is -0.251 e. The molecule has 8 heavy (non-hydrogen) atoms. The van der Waals surface area contributed by atoms with Gasteiger partial charge in [-0.3, -0.25) is 4.99 Å². The summed E-state index contributed by atoms with van der Waals surface area (Å²) in [7, 11) is 0. The number of nitrogens with zero attached hydrogens (tertiary/aromatic N) is 1. The van der Waals surface area contributed by atoms with Crippen molar-refractivity contribution < 1.29 is 0 Å². The lowest BCUT2D eigenvalue weighted by Gasteiger charge is -1.75. The molecular formula is C6H7NS. The van der Waals surface area contributed by atoms with Crippen molar-refractivity contribution in [2.45, 2.75) is 6.92 Å². The van der Waals surface area contributed by atoms with E-state index >= 15 is 0 Å². The molecule has 1 heterocycles. The summed E-state index contributed by atoms with van der Waals surface area (Å²) in [6, 6.07) is 3.98. The van der Waals surface area contributed by atoms with Crippen LogP contribution in [0.3, 0.4) is 0 Å². The maximum Gasteiger partial charge on any atom is 0.115 e.